The minimum atomic E-state index is -4.68. The summed E-state index contributed by atoms with van der Waals surface area (Å²) >= 11 is 0. The van der Waals surface area contributed by atoms with Crippen molar-refractivity contribution in [1.29, 1.82) is 5.26 Å². The second-order valence-corrected chi connectivity index (χ2v) is 11.5. The van der Waals surface area contributed by atoms with E-state index in [1.165, 1.54) is 31.3 Å². The number of carbonyl (C=O) groups is 1. The zero-order chi connectivity index (χ0) is 27.2. The van der Waals surface area contributed by atoms with Crippen LogP contribution in [0.4, 0.5) is 17.6 Å². The molecule has 1 aromatic heterocycles. The second kappa shape index (κ2) is 9.41. The highest BCUT2D eigenvalue weighted by molar-refractivity contribution is 7.92. The number of nitrogens with two attached hydrogens (primary N) is 1. The van der Waals surface area contributed by atoms with Gasteiger partial charge in [-0.3, -0.25) is 14.1 Å². The maximum absolute atomic E-state index is 15.1. The SMILES string of the molecule is Cc1cc(C#N)cnc1C(=O)Cc1ccc(F)c([C@]2(C)CS3(=O)=N[C@H](C(F)(F)F)CCCN3C(N)=N2)c1. The van der Waals surface area contributed by atoms with E-state index in [-0.39, 0.29) is 48.8 Å². The van der Waals surface area contributed by atoms with Crippen molar-refractivity contribution in [2.45, 2.75) is 50.9 Å². The van der Waals surface area contributed by atoms with Crippen LogP contribution in [0.15, 0.2) is 39.8 Å². The summed E-state index contributed by atoms with van der Waals surface area (Å²) in [7, 11) is -3.70. The van der Waals surface area contributed by atoms with Gasteiger partial charge in [-0.1, -0.05) is 6.07 Å². The molecule has 2 aliphatic heterocycles. The van der Waals surface area contributed by atoms with Crippen molar-refractivity contribution in [3.63, 3.8) is 0 Å². The van der Waals surface area contributed by atoms with Crippen molar-refractivity contribution in [3.8, 4) is 6.07 Å². The summed E-state index contributed by atoms with van der Waals surface area (Å²) in [4.78, 5) is 21.3. The largest absolute Gasteiger partial charge is 0.411 e. The van der Waals surface area contributed by atoms with Crippen LogP contribution in [-0.4, -0.2) is 49.8 Å². The average molecular weight is 537 g/mol. The number of hydrogen-bond acceptors (Lipinski definition) is 7. The molecule has 196 valence electrons. The molecule has 2 aromatic rings. The minimum absolute atomic E-state index is 0.0196. The summed E-state index contributed by atoms with van der Waals surface area (Å²) in [6.07, 6.45) is -3.83. The molecule has 0 saturated carbocycles. The van der Waals surface area contributed by atoms with E-state index in [0.29, 0.717) is 16.7 Å². The Hall–Kier alpha value is -3.53. The van der Waals surface area contributed by atoms with Gasteiger partial charge >= 0.3 is 6.18 Å². The van der Waals surface area contributed by atoms with Crippen LogP contribution in [0.2, 0.25) is 0 Å². The molecule has 1 aromatic carbocycles. The van der Waals surface area contributed by atoms with Crippen LogP contribution >= 0.6 is 0 Å². The number of nitriles is 1. The molecule has 0 bridgehead atoms. The van der Waals surface area contributed by atoms with Gasteiger partial charge in [0.1, 0.15) is 33.0 Å². The number of halogens is 4. The van der Waals surface area contributed by atoms with Crippen molar-refractivity contribution < 1.29 is 26.6 Å². The first kappa shape index (κ1) is 26.5. The number of nitrogens with zero attached hydrogens (tertiary/aromatic N) is 5. The number of fused-ring (bicyclic) bond motifs is 1. The number of aliphatic imine (C=N–C) groups is 1. The van der Waals surface area contributed by atoms with E-state index in [0.717, 1.165) is 10.4 Å². The zero-order valence-corrected chi connectivity index (χ0v) is 20.9. The van der Waals surface area contributed by atoms with Crippen LogP contribution in [0.25, 0.3) is 0 Å². The topological polar surface area (TPSA) is 125 Å². The van der Waals surface area contributed by atoms with Crippen LogP contribution < -0.4 is 5.73 Å². The molecule has 2 aliphatic rings. The van der Waals surface area contributed by atoms with Crippen molar-refractivity contribution in [1.82, 2.24) is 9.29 Å². The summed E-state index contributed by atoms with van der Waals surface area (Å²) in [5.74, 6) is -1.89. The first-order valence-corrected chi connectivity index (χ1v) is 13.0. The lowest BCUT2D eigenvalue weighted by Gasteiger charge is -2.38. The van der Waals surface area contributed by atoms with E-state index in [1.807, 2.05) is 6.07 Å². The van der Waals surface area contributed by atoms with Gasteiger partial charge in [-0.2, -0.15) is 18.4 Å². The Morgan fingerprint density at radius 2 is 2.08 bits per heavy atom. The van der Waals surface area contributed by atoms with Crippen LogP contribution in [0.5, 0.6) is 0 Å². The molecule has 0 spiro atoms. The van der Waals surface area contributed by atoms with Gasteiger partial charge in [0, 0.05) is 24.7 Å². The fourth-order valence-electron chi connectivity index (χ4n) is 4.62. The molecule has 4 rings (SSSR count). The number of pyridine rings is 1. The number of rotatable bonds is 4. The van der Waals surface area contributed by atoms with Gasteiger partial charge < -0.3 is 5.73 Å². The molecule has 0 saturated heterocycles. The van der Waals surface area contributed by atoms with Gasteiger partial charge in [0.15, 0.2) is 11.8 Å². The Labute approximate surface area is 211 Å². The molecule has 3 atom stereocenters. The number of aryl methyl sites for hydroxylation is 1. The Bertz CT molecular complexity index is 1460. The van der Waals surface area contributed by atoms with Gasteiger partial charge in [-0.05, 0) is 56.0 Å². The fraction of sp³-hybridized carbons (Fsp3) is 0.417. The fourth-order valence-corrected chi connectivity index (χ4v) is 7.28. The summed E-state index contributed by atoms with van der Waals surface area (Å²) < 4.78 is 74.2. The summed E-state index contributed by atoms with van der Waals surface area (Å²) in [6, 6.07) is 5.24. The maximum Gasteiger partial charge on any atom is 0.411 e. The molecule has 1 unspecified atom stereocenters. The second-order valence-electron chi connectivity index (χ2n) is 9.32. The number of Topliss-reactive ketones (excluding diaryl/α,β-unsaturated/α-hetero) is 1. The molecule has 2 N–H and O–H groups in total. The van der Waals surface area contributed by atoms with Crippen LogP contribution in [-0.2, 0) is 21.9 Å². The third-order valence-electron chi connectivity index (χ3n) is 6.39. The van der Waals surface area contributed by atoms with Gasteiger partial charge in [-0.25, -0.2) is 18.0 Å². The number of ketones is 1. The van der Waals surface area contributed by atoms with E-state index in [4.69, 9.17) is 11.0 Å². The number of benzene rings is 1. The van der Waals surface area contributed by atoms with Crippen molar-refractivity contribution in [2.24, 2.45) is 15.1 Å². The maximum atomic E-state index is 15.1. The molecule has 13 heteroatoms. The Morgan fingerprint density at radius 3 is 2.73 bits per heavy atom. The van der Waals surface area contributed by atoms with Crippen molar-refractivity contribution >= 4 is 21.7 Å². The summed E-state index contributed by atoms with van der Waals surface area (Å²) in [5, 5.41) is 8.99. The van der Waals surface area contributed by atoms with E-state index >= 15 is 4.39 Å². The lowest BCUT2D eigenvalue weighted by atomic mass is 9.91. The highest BCUT2D eigenvalue weighted by Crippen LogP contribution is 2.38. The first-order valence-electron chi connectivity index (χ1n) is 11.4. The number of hydrogen-bond donors (Lipinski definition) is 1. The first-order chi connectivity index (χ1) is 17.3. The van der Waals surface area contributed by atoms with E-state index in [9.17, 15) is 22.2 Å². The van der Waals surface area contributed by atoms with E-state index in [2.05, 4.69) is 14.3 Å². The minimum Gasteiger partial charge on any atom is -0.369 e. The predicted molar refractivity (Wildman–Crippen MR) is 128 cm³/mol. The van der Waals surface area contributed by atoms with Crippen molar-refractivity contribution in [3.05, 3.63) is 64.2 Å². The Kier molecular flexibility index (Phi) is 6.74. The van der Waals surface area contributed by atoms with Crippen LogP contribution in [0.3, 0.4) is 0 Å². The lowest BCUT2D eigenvalue weighted by Crippen LogP contribution is -2.52. The molecular weight excluding hydrogens is 512 g/mol. The highest BCUT2D eigenvalue weighted by Gasteiger charge is 2.47. The lowest BCUT2D eigenvalue weighted by molar-refractivity contribution is -0.147. The van der Waals surface area contributed by atoms with E-state index in [1.54, 1.807) is 6.92 Å². The monoisotopic (exact) mass is 536 g/mol. The van der Waals surface area contributed by atoms with Gasteiger partial charge in [-0.15, -0.1) is 0 Å². The number of carbonyl (C=O) groups excluding carboxylic acids is 1. The molecular formula is C24H24F4N6O2S. The van der Waals surface area contributed by atoms with E-state index < -0.39 is 39.2 Å². The number of alkyl halides is 3. The molecule has 0 fully saturated rings. The molecule has 0 radical (unpaired) electrons. The molecule has 0 amide bonds. The third kappa shape index (κ3) is 5.16. The van der Waals surface area contributed by atoms with Gasteiger partial charge in [0.05, 0.1) is 11.3 Å². The summed E-state index contributed by atoms with van der Waals surface area (Å²) in [5.41, 5.74) is 5.76. The smallest absolute Gasteiger partial charge is 0.369 e. The number of guanidine groups is 1. The standard InChI is InChI=1S/C24H24F4N6O2S/c1-14-8-16(11-29)12-31-21(14)19(35)10-15-5-6-18(25)17(9-15)23(2)13-37(36)33-20(24(26,27)28)4-3-7-34(37)22(30)32-23/h5-6,8-9,12,20H,3-4,7,10,13H2,1-2H3,(H2,30,32)/t20-,23-,37?/m0/s1. The Morgan fingerprint density at radius 1 is 1.35 bits per heavy atom. The third-order valence-corrected chi connectivity index (χ3v) is 8.97. The molecule has 8 nitrogen and oxygen atoms in total. The summed E-state index contributed by atoms with van der Waals surface area (Å²) in [6.45, 7) is 3.06. The normalized spacial score (nSPS) is 25.8. The predicted octanol–water partition coefficient (Wildman–Crippen LogP) is 3.78. The number of aromatic nitrogens is 1. The van der Waals surface area contributed by atoms with Gasteiger partial charge in [0.2, 0.25) is 5.96 Å². The molecule has 3 heterocycles. The van der Waals surface area contributed by atoms with Crippen LogP contribution in [0, 0.1) is 24.1 Å². The molecule has 37 heavy (non-hydrogen) atoms. The molecule has 0 aliphatic carbocycles. The van der Waals surface area contributed by atoms with Crippen LogP contribution in [0.1, 0.15) is 52.5 Å². The van der Waals surface area contributed by atoms with Crippen molar-refractivity contribution in [2.75, 3.05) is 12.3 Å². The van der Waals surface area contributed by atoms with Gasteiger partial charge in [0.25, 0.3) is 0 Å². The highest BCUT2D eigenvalue weighted by atomic mass is 32.2. The quantitative estimate of drug-likeness (QED) is 0.470. The zero-order valence-electron chi connectivity index (χ0n) is 20.0. The average Bonchev–Trinajstić information content (AvgIpc) is 2.98. The Balaban J connectivity index is 1.71.